The molecule has 0 aliphatic carbocycles. The van der Waals surface area contributed by atoms with Crippen LogP contribution in [-0.4, -0.2) is 15.0 Å². The smallest absolute Gasteiger partial charge is 0.163 e. The first kappa shape index (κ1) is 20.5. The molecule has 1 aromatic carbocycles. The summed E-state index contributed by atoms with van der Waals surface area (Å²) < 4.78 is 0. The lowest BCUT2D eigenvalue weighted by atomic mass is 9.88. The average molecular weight is 417 g/mol. The van der Waals surface area contributed by atoms with Crippen molar-refractivity contribution in [1.29, 1.82) is 0 Å². The topological polar surface area (TPSA) is 64.7 Å². The van der Waals surface area contributed by atoms with Crippen LogP contribution in [0.25, 0.3) is 21.6 Å². The van der Waals surface area contributed by atoms with E-state index >= 15 is 0 Å². The van der Waals surface area contributed by atoms with Crippen molar-refractivity contribution in [3.63, 3.8) is 0 Å². The fourth-order valence-electron chi connectivity index (χ4n) is 3.77. The number of aromatic nitrogens is 3. The Morgan fingerprint density at radius 2 is 1.80 bits per heavy atom. The van der Waals surface area contributed by atoms with E-state index in [1.54, 1.807) is 11.3 Å². The number of anilines is 1. The van der Waals surface area contributed by atoms with E-state index in [9.17, 15) is 0 Å². The monoisotopic (exact) mass is 416 g/mol. The van der Waals surface area contributed by atoms with E-state index in [1.165, 1.54) is 10.4 Å². The van der Waals surface area contributed by atoms with Gasteiger partial charge in [-0.3, -0.25) is 4.98 Å². The van der Waals surface area contributed by atoms with Gasteiger partial charge in [0.1, 0.15) is 10.6 Å². The zero-order valence-corrected chi connectivity index (χ0v) is 18.8. The van der Waals surface area contributed by atoms with Crippen molar-refractivity contribution in [1.82, 2.24) is 15.0 Å². The molecule has 0 amide bonds. The summed E-state index contributed by atoms with van der Waals surface area (Å²) in [4.78, 5) is 16.3. The van der Waals surface area contributed by atoms with Gasteiger partial charge in [-0.05, 0) is 36.0 Å². The lowest BCUT2D eigenvalue weighted by Gasteiger charge is -2.18. The van der Waals surface area contributed by atoms with Gasteiger partial charge in [-0.1, -0.05) is 64.1 Å². The number of nitrogen functional groups attached to an aromatic ring is 1. The van der Waals surface area contributed by atoms with Crippen molar-refractivity contribution in [3.8, 4) is 11.4 Å². The van der Waals surface area contributed by atoms with Gasteiger partial charge in [-0.15, -0.1) is 11.3 Å². The number of hydrogen-bond acceptors (Lipinski definition) is 5. The van der Waals surface area contributed by atoms with Crippen LogP contribution in [0.1, 0.15) is 56.2 Å². The lowest BCUT2D eigenvalue weighted by Crippen LogP contribution is -2.10. The molecule has 5 heteroatoms. The van der Waals surface area contributed by atoms with Gasteiger partial charge in [0.25, 0.3) is 0 Å². The second-order valence-electron chi connectivity index (χ2n) is 8.96. The molecule has 0 fully saturated rings. The molecule has 0 aliphatic heterocycles. The van der Waals surface area contributed by atoms with Gasteiger partial charge in [0.05, 0.1) is 5.39 Å². The lowest BCUT2D eigenvalue weighted by molar-refractivity contribution is 0.410. The van der Waals surface area contributed by atoms with Crippen LogP contribution in [0.4, 0.5) is 5.82 Å². The molecule has 0 aliphatic rings. The van der Waals surface area contributed by atoms with Gasteiger partial charge in [0, 0.05) is 28.2 Å². The third-order valence-corrected chi connectivity index (χ3v) is 6.31. The van der Waals surface area contributed by atoms with Gasteiger partial charge in [0.2, 0.25) is 0 Å². The SMILES string of the molecule is CCC(c1ccc(CC(C)(C)C)cn1)c1cc2c(N)nc(-c3ccccc3)nc2s1. The molecule has 1 unspecified atom stereocenters. The highest BCUT2D eigenvalue weighted by Crippen LogP contribution is 2.37. The predicted molar refractivity (Wildman–Crippen MR) is 127 cm³/mol. The maximum atomic E-state index is 6.31. The van der Waals surface area contributed by atoms with E-state index in [4.69, 9.17) is 15.7 Å². The first-order chi connectivity index (χ1) is 14.3. The fourth-order valence-corrected chi connectivity index (χ4v) is 5.00. The highest BCUT2D eigenvalue weighted by molar-refractivity contribution is 7.18. The summed E-state index contributed by atoms with van der Waals surface area (Å²) in [7, 11) is 0. The minimum absolute atomic E-state index is 0.229. The van der Waals surface area contributed by atoms with Gasteiger partial charge < -0.3 is 5.73 Å². The van der Waals surface area contributed by atoms with Crippen LogP contribution < -0.4 is 5.73 Å². The van der Waals surface area contributed by atoms with E-state index in [2.05, 4.69) is 50.9 Å². The average Bonchev–Trinajstić information content (AvgIpc) is 3.14. The zero-order valence-electron chi connectivity index (χ0n) is 18.0. The number of hydrogen-bond donors (Lipinski definition) is 1. The third kappa shape index (κ3) is 4.36. The number of thiophene rings is 1. The van der Waals surface area contributed by atoms with Gasteiger partial charge in [0.15, 0.2) is 5.82 Å². The van der Waals surface area contributed by atoms with Crippen molar-refractivity contribution in [2.75, 3.05) is 5.73 Å². The molecule has 0 saturated carbocycles. The number of nitrogens with two attached hydrogens (primary N) is 1. The van der Waals surface area contributed by atoms with E-state index < -0.39 is 0 Å². The van der Waals surface area contributed by atoms with E-state index in [-0.39, 0.29) is 11.3 Å². The van der Waals surface area contributed by atoms with Crippen LogP contribution in [0.15, 0.2) is 54.7 Å². The minimum Gasteiger partial charge on any atom is -0.383 e. The maximum absolute atomic E-state index is 6.31. The Labute approximate surface area is 182 Å². The van der Waals surface area contributed by atoms with Crippen LogP contribution in [0.3, 0.4) is 0 Å². The minimum atomic E-state index is 0.229. The largest absolute Gasteiger partial charge is 0.383 e. The normalized spacial score (nSPS) is 12.9. The molecular formula is C25H28N4S. The van der Waals surface area contributed by atoms with Crippen molar-refractivity contribution < 1.29 is 0 Å². The van der Waals surface area contributed by atoms with Gasteiger partial charge >= 0.3 is 0 Å². The summed E-state index contributed by atoms with van der Waals surface area (Å²) in [6.07, 6.45) is 4.02. The second kappa shape index (κ2) is 8.15. The summed E-state index contributed by atoms with van der Waals surface area (Å²) in [6, 6.07) is 16.5. The van der Waals surface area contributed by atoms with Crippen LogP contribution in [0.2, 0.25) is 0 Å². The standard InChI is InChI=1S/C25H28N4S/c1-5-18(20-12-11-16(15-27-20)14-25(2,3)4)21-13-19-22(26)28-23(29-24(19)30-21)17-9-7-6-8-10-17/h6-13,15,18H,5,14H2,1-4H3,(H2,26,28,29). The molecule has 2 N–H and O–H groups in total. The summed E-state index contributed by atoms with van der Waals surface area (Å²) in [5, 5.41) is 0.928. The molecule has 1 atom stereocenters. The van der Waals surface area contributed by atoms with Crippen molar-refractivity contribution >= 4 is 27.4 Å². The van der Waals surface area contributed by atoms with Crippen molar-refractivity contribution in [3.05, 3.63) is 70.9 Å². The Balaban J connectivity index is 1.68. The Morgan fingerprint density at radius 3 is 2.43 bits per heavy atom. The highest BCUT2D eigenvalue weighted by atomic mass is 32.1. The molecule has 0 saturated heterocycles. The van der Waals surface area contributed by atoms with Crippen molar-refractivity contribution in [2.45, 2.75) is 46.5 Å². The molecule has 0 radical (unpaired) electrons. The Hall–Kier alpha value is -2.79. The highest BCUT2D eigenvalue weighted by Gasteiger charge is 2.20. The maximum Gasteiger partial charge on any atom is 0.163 e. The molecule has 154 valence electrons. The van der Waals surface area contributed by atoms with Crippen LogP contribution in [0.5, 0.6) is 0 Å². The summed E-state index contributed by atoms with van der Waals surface area (Å²) in [5.41, 5.74) is 9.91. The van der Waals surface area contributed by atoms with Crippen molar-refractivity contribution in [2.24, 2.45) is 5.41 Å². The summed E-state index contributed by atoms with van der Waals surface area (Å²) in [5.74, 6) is 1.43. The number of pyridine rings is 1. The molecule has 3 aromatic heterocycles. The molecule has 30 heavy (non-hydrogen) atoms. The van der Waals surface area contributed by atoms with Crippen LogP contribution >= 0.6 is 11.3 Å². The second-order valence-corrected chi connectivity index (χ2v) is 10.0. The molecule has 0 spiro atoms. The first-order valence-electron chi connectivity index (χ1n) is 10.4. The quantitative estimate of drug-likeness (QED) is 0.405. The zero-order chi connectivity index (χ0) is 21.3. The molecule has 4 nitrogen and oxygen atoms in total. The molecular weight excluding hydrogens is 388 g/mol. The molecule has 4 rings (SSSR count). The summed E-state index contributed by atoms with van der Waals surface area (Å²) >= 11 is 1.69. The number of fused-ring (bicyclic) bond motifs is 1. The van der Waals surface area contributed by atoms with E-state index in [0.29, 0.717) is 11.6 Å². The fraction of sp³-hybridized carbons (Fsp3) is 0.320. The van der Waals surface area contributed by atoms with E-state index in [1.807, 2.05) is 36.5 Å². The number of rotatable bonds is 5. The van der Waals surface area contributed by atoms with E-state index in [0.717, 1.165) is 34.3 Å². The molecule has 3 heterocycles. The third-order valence-electron chi connectivity index (χ3n) is 5.16. The van der Waals surface area contributed by atoms with Crippen LogP contribution in [-0.2, 0) is 6.42 Å². The van der Waals surface area contributed by atoms with Gasteiger partial charge in [-0.25, -0.2) is 9.97 Å². The summed E-state index contributed by atoms with van der Waals surface area (Å²) in [6.45, 7) is 8.95. The number of benzene rings is 1. The van der Waals surface area contributed by atoms with Gasteiger partial charge in [-0.2, -0.15) is 0 Å². The van der Waals surface area contributed by atoms with Crippen LogP contribution in [0, 0.1) is 5.41 Å². The molecule has 4 aromatic rings. The predicted octanol–water partition coefficient (Wildman–Crippen LogP) is 6.47. The Kier molecular flexibility index (Phi) is 5.56. The molecule has 0 bridgehead atoms. The number of nitrogens with zero attached hydrogens (tertiary/aromatic N) is 3. The first-order valence-corrected chi connectivity index (χ1v) is 11.2. The Morgan fingerprint density at radius 1 is 1.03 bits per heavy atom. The Bertz CT molecular complexity index is 1140.